The van der Waals surface area contributed by atoms with Crippen LogP contribution < -0.4 is 0 Å². The van der Waals surface area contributed by atoms with Crippen molar-refractivity contribution in [1.82, 2.24) is 19.1 Å². The standard InChI is InChI=1S/C20H32N4O3S/c1-4-5-9-28(26,27)24-13-18-12-23(15-20(18,16-24)14-22(2)3)19(25)10-17-7-6-8-21-11-17/h6-8,11,18H,4-5,9-10,12-16H2,1-3H3. The molecule has 28 heavy (non-hydrogen) atoms. The van der Waals surface area contributed by atoms with Crippen LogP contribution in [0, 0.1) is 11.3 Å². The van der Waals surface area contributed by atoms with E-state index in [1.807, 2.05) is 38.1 Å². The van der Waals surface area contributed by atoms with Crippen molar-refractivity contribution in [1.29, 1.82) is 0 Å². The number of amides is 1. The van der Waals surface area contributed by atoms with Gasteiger partial charge in [0, 0.05) is 56.5 Å². The van der Waals surface area contributed by atoms with Gasteiger partial charge in [-0.1, -0.05) is 19.4 Å². The Balaban J connectivity index is 1.72. The van der Waals surface area contributed by atoms with Crippen LogP contribution in [0.25, 0.3) is 0 Å². The molecule has 8 heteroatoms. The fraction of sp³-hybridized carbons (Fsp3) is 0.700. The summed E-state index contributed by atoms with van der Waals surface area (Å²) in [6.45, 7) is 5.08. The molecule has 156 valence electrons. The van der Waals surface area contributed by atoms with Gasteiger partial charge in [0.05, 0.1) is 12.2 Å². The highest BCUT2D eigenvalue weighted by Crippen LogP contribution is 2.44. The molecule has 2 aliphatic heterocycles. The molecule has 2 aliphatic rings. The minimum atomic E-state index is -3.22. The molecule has 3 heterocycles. The number of aromatic nitrogens is 1. The van der Waals surface area contributed by atoms with Crippen LogP contribution in [0.15, 0.2) is 24.5 Å². The van der Waals surface area contributed by atoms with Crippen molar-refractivity contribution in [3.63, 3.8) is 0 Å². The van der Waals surface area contributed by atoms with Gasteiger partial charge in [-0.15, -0.1) is 0 Å². The second kappa shape index (κ2) is 8.47. The second-order valence-corrected chi connectivity index (χ2v) is 10.7. The Bertz CT molecular complexity index is 784. The lowest BCUT2D eigenvalue weighted by molar-refractivity contribution is -0.130. The van der Waals surface area contributed by atoms with Gasteiger partial charge >= 0.3 is 0 Å². The number of carbonyl (C=O) groups is 1. The van der Waals surface area contributed by atoms with Gasteiger partial charge in [-0.05, 0) is 32.1 Å². The number of rotatable bonds is 8. The third-order valence-corrected chi connectivity index (χ3v) is 7.81. The van der Waals surface area contributed by atoms with Crippen molar-refractivity contribution in [3.05, 3.63) is 30.1 Å². The number of carbonyl (C=O) groups excluding carboxylic acids is 1. The molecule has 1 amide bonds. The fourth-order valence-corrected chi connectivity index (χ4v) is 6.40. The van der Waals surface area contributed by atoms with Crippen LogP contribution in [0.2, 0.25) is 0 Å². The Hall–Kier alpha value is -1.51. The van der Waals surface area contributed by atoms with Crippen LogP contribution in [-0.4, -0.2) is 86.0 Å². The van der Waals surface area contributed by atoms with Crippen LogP contribution in [0.5, 0.6) is 0 Å². The number of unbranched alkanes of at least 4 members (excludes halogenated alkanes) is 1. The SMILES string of the molecule is CCCCS(=O)(=O)N1CC2CN(C(=O)Cc3cccnc3)CC2(CN(C)C)C1. The highest BCUT2D eigenvalue weighted by atomic mass is 32.2. The summed E-state index contributed by atoms with van der Waals surface area (Å²) >= 11 is 0. The number of pyridine rings is 1. The Morgan fingerprint density at radius 3 is 2.75 bits per heavy atom. The summed E-state index contributed by atoms with van der Waals surface area (Å²) in [6.07, 6.45) is 5.34. The number of nitrogens with zero attached hydrogens (tertiary/aromatic N) is 4. The van der Waals surface area contributed by atoms with E-state index < -0.39 is 10.0 Å². The molecule has 3 rings (SSSR count). The monoisotopic (exact) mass is 408 g/mol. The topological polar surface area (TPSA) is 73.8 Å². The summed E-state index contributed by atoms with van der Waals surface area (Å²) in [5, 5.41) is 0. The first-order valence-corrected chi connectivity index (χ1v) is 11.7. The molecule has 2 fully saturated rings. The fourth-order valence-electron chi connectivity index (χ4n) is 4.63. The van der Waals surface area contributed by atoms with E-state index in [2.05, 4.69) is 9.88 Å². The molecule has 0 saturated carbocycles. The maximum Gasteiger partial charge on any atom is 0.227 e. The van der Waals surface area contributed by atoms with E-state index in [0.29, 0.717) is 39.0 Å². The van der Waals surface area contributed by atoms with Gasteiger partial charge in [0.1, 0.15) is 0 Å². The lowest BCUT2D eigenvalue weighted by Crippen LogP contribution is -2.44. The molecule has 0 spiro atoms. The molecular formula is C20H32N4O3S. The molecule has 7 nitrogen and oxygen atoms in total. The van der Waals surface area contributed by atoms with Gasteiger partial charge in [0.2, 0.25) is 15.9 Å². The quantitative estimate of drug-likeness (QED) is 0.643. The van der Waals surface area contributed by atoms with Crippen LogP contribution in [0.1, 0.15) is 25.3 Å². The highest BCUT2D eigenvalue weighted by Gasteiger charge is 2.55. The maximum atomic E-state index is 12.8. The lowest BCUT2D eigenvalue weighted by Gasteiger charge is -2.32. The molecule has 0 N–H and O–H groups in total. The van der Waals surface area contributed by atoms with E-state index >= 15 is 0 Å². The number of hydrogen-bond acceptors (Lipinski definition) is 5. The van der Waals surface area contributed by atoms with Crippen LogP contribution in [-0.2, 0) is 21.2 Å². The van der Waals surface area contributed by atoms with E-state index in [1.54, 1.807) is 16.7 Å². The normalized spacial score (nSPS) is 25.4. The highest BCUT2D eigenvalue weighted by molar-refractivity contribution is 7.89. The van der Waals surface area contributed by atoms with E-state index in [0.717, 1.165) is 18.5 Å². The van der Waals surface area contributed by atoms with E-state index in [-0.39, 0.29) is 23.0 Å². The molecular weight excluding hydrogens is 376 g/mol. The molecule has 2 atom stereocenters. The maximum absolute atomic E-state index is 12.8. The number of likely N-dealkylation sites (tertiary alicyclic amines) is 1. The minimum absolute atomic E-state index is 0.0981. The Kier molecular flexibility index (Phi) is 6.41. The van der Waals surface area contributed by atoms with Crippen molar-refractivity contribution in [2.45, 2.75) is 26.2 Å². The van der Waals surface area contributed by atoms with Crippen molar-refractivity contribution in [2.75, 3.05) is 52.6 Å². The molecule has 0 aromatic carbocycles. The van der Waals surface area contributed by atoms with Crippen molar-refractivity contribution >= 4 is 15.9 Å². The number of sulfonamides is 1. The third-order valence-electron chi connectivity index (χ3n) is 5.94. The van der Waals surface area contributed by atoms with E-state index in [4.69, 9.17) is 0 Å². The molecule has 2 saturated heterocycles. The average Bonchev–Trinajstić information content (AvgIpc) is 3.14. The lowest BCUT2D eigenvalue weighted by atomic mass is 9.80. The molecule has 2 unspecified atom stereocenters. The number of hydrogen-bond donors (Lipinski definition) is 0. The van der Waals surface area contributed by atoms with Gasteiger partial charge in [0.25, 0.3) is 0 Å². The molecule has 1 aromatic heterocycles. The van der Waals surface area contributed by atoms with Crippen LogP contribution in [0.3, 0.4) is 0 Å². The molecule has 0 bridgehead atoms. The van der Waals surface area contributed by atoms with Crippen molar-refractivity contribution in [2.24, 2.45) is 11.3 Å². The Morgan fingerprint density at radius 1 is 1.32 bits per heavy atom. The first kappa shape index (κ1) is 21.2. The van der Waals surface area contributed by atoms with Gasteiger partial charge in [-0.25, -0.2) is 12.7 Å². The Morgan fingerprint density at radius 2 is 2.11 bits per heavy atom. The van der Waals surface area contributed by atoms with Gasteiger partial charge < -0.3 is 9.80 Å². The Labute approximate surface area is 168 Å². The predicted molar refractivity (Wildman–Crippen MR) is 109 cm³/mol. The predicted octanol–water partition coefficient (Wildman–Crippen LogP) is 1.08. The summed E-state index contributed by atoms with van der Waals surface area (Å²) in [5.41, 5.74) is 0.725. The van der Waals surface area contributed by atoms with Crippen molar-refractivity contribution in [3.8, 4) is 0 Å². The molecule has 0 radical (unpaired) electrons. The molecule has 1 aromatic rings. The zero-order valence-electron chi connectivity index (χ0n) is 17.2. The van der Waals surface area contributed by atoms with Gasteiger partial charge in [-0.2, -0.15) is 0 Å². The van der Waals surface area contributed by atoms with Crippen LogP contribution in [0.4, 0.5) is 0 Å². The molecule has 0 aliphatic carbocycles. The van der Waals surface area contributed by atoms with Crippen LogP contribution >= 0.6 is 0 Å². The summed E-state index contributed by atoms with van der Waals surface area (Å²) in [5.74, 6) is 0.503. The second-order valence-electron chi connectivity index (χ2n) is 8.57. The minimum Gasteiger partial charge on any atom is -0.341 e. The first-order valence-electron chi connectivity index (χ1n) is 10.0. The van der Waals surface area contributed by atoms with E-state index in [1.165, 1.54) is 0 Å². The average molecular weight is 409 g/mol. The van der Waals surface area contributed by atoms with Gasteiger partial charge in [-0.3, -0.25) is 9.78 Å². The summed E-state index contributed by atoms with van der Waals surface area (Å²) in [4.78, 5) is 21.0. The smallest absolute Gasteiger partial charge is 0.227 e. The third kappa shape index (κ3) is 4.55. The summed E-state index contributed by atoms with van der Waals surface area (Å²) in [6, 6.07) is 3.76. The van der Waals surface area contributed by atoms with Crippen molar-refractivity contribution < 1.29 is 13.2 Å². The summed E-state index contributed by atoms with van der Waals surface area (Å²) in [7, 11) is 0.807. The summed E-state index contributed by atoms with van der Waals surface area (Å²) < 4.78 is 27.1. The van der Waals surface area contributed by atoms with E-state index in [9.17, 15) is 13.2 Å². The zero-order chi connectivity index (χ0) is 20.4. The first-order chi connectivity index (χ1) is 13.3. The largest absolute Gasteiger partial charge is 0.341 e. The zero-order valence-corrected chi connectivity index (χ0v) is 18.0. The van der Waals surface area contributed by atoms with Gasteiger partial charge in [0.15, 0.2) is 0 Å². The number of fused-ring (bicyclic) bond motifs is 1.